The van der Waals surface area contributed by atoms with Gasteiger partial charge in [0.15, 0.2) is 0 Å². The van der Waals surface area contributed by atoms with Crippen LogP contribution in [0.4, 0.5) is 4.79 Å². The molecule has 1 aromatic heterocycles. The largest absolute Gasteiger partial charge is 0.354 e. The molecule has 2 unspecified atom stereocenters. The maximum atomic E-state index is 12.8. The highest BCUT2D eigenvalue weighted by Gasteiger charge is 2.51. The van der Waals surface area contributed by atoms with E-state index in [9.17, 15) is 14.4 Å². The molecular formula is C20H24ClN5O3. The second-order valence-electron chi connectivity index (χ2n) is 7.91. The van der Waals surface area contributed by atoms with Crippen molar-refractivity contribution in [1.82, 2.24) is 20.9 Å². The molecule has 2 saturated carbocycles. The predicted molar refractivity (Wildman–Crippen MR) is 110 cm³/mol. The molecule has 2 aliphatic carbocycles. The van der Waals surface area contributed by atoms with Crippen molar-refractivity contribution in [2.24, 2.45) is 11.7 Å². The molecule has 1 aromatic carbocycles. The van der Waals surface area contributed by atoms with Gasteiger partial charge in [0.2, 0.25) is 5.91 Å². The fraction of sp³-hybridized carbons (Fsp3) is 0.450. The van der Waals surface area contributed by atoms with Crippen molar-refractivity contribution >= 4 is 40.3 Å². The number of fused-ring (bicyclic) bond motifs is 1. The Balaban J connectivity index is 1.37. The number of nitrogens with two attached hydrogens (primary N) is 1. The lowest BCUT2D eigenvalue weighted by molar-refractivity contribution is -0.124. The van der Waals surface area contributed by atoms with Crippen molar-refractivity contribution in [1.29, 1.82) is 0 Å². The van der Waals surface area contributed by atoms with Gasteiger partial charge in [0.1, 0.15) is 11.2 Å². The van der Waals surface area contributed by atoms with Crippen LogP contribution in [-0.2, 0) is 4.79 Å². The average molecular weight is 418 g/mol. The average Bonchev–Trinajstić information content (AvgIpc) is 3.20. The fourth-order valence-electron chi connectivity index (χ4n) is 4.14. The van der Waals surface area contributed by atoms with Gasteiger partial charge in [-0.1, -0.05) is 36.2 Å². The van der Waals surface area contributed by atoms with Gasteiger partial charge in [-0.3, -0.25) is 9.59 Å². The standard InChI is InChI=1S/C20H24ClN5O3/c21-15-12-5-1-2-6-14(12)24-16(15)17(27)25-13-7-3-4-11(13)10-23-18(28)20(8-9-20)26-19(22)29/h1-2,5-6,11,13,24H,3-4,7-10H2,(H,23,28)(H,25,27)(H3,22,26,29). The molecule has 9 heteroatoms. The van der Waals surface area contributed by atoms with Gasteiger partial charge in [-0.05, 0) is 37.7 Å². The molecule has 4 rings (SSSR count). The number of para-hydroxylation sites is 1. The first-order valence-electron chi connectivity index (χ1n) is 9.82. The third-order valence-corrected chi connectivity index (χ3v) is 6.31. The van der Waals surface area contributed by atoms with E-state index in [4.69, 9.17) is 17.3 Å². The van der Waals surface area contributed by atoms with Crippen LogP contribution in [0.2, 0.25) is 5.02 Å². The maximum absolute atomic E-state index is 12.8. The predicted octanol–water partition coefficient (Wildman–Crippen LogP) is 2.04. The Morgan fingerprint density at radius 2 is 1.97 bits per heavy atom. The Bertz CT molecular complexity index is 968. The molecule has 0 bridgehead atoms. The highest BCUT2D eigenvalue weighted by Crippen LogP contribution is 2.36. The van der Waals surface area contributed by atoms with Gasteiger partial charge in [-0.25, -0.2) is 4.79 Å². The maximum Gasteiger partial charge on any atom is 0.313 e. The Morgan fingerprint density at radius 1 is 1.21 bits per heavy atom. The van der Waals surface area contributed by atoms with Crippen LogP contribution in [0.1, 0.15) is 42.6 Å². The number of aromatic nitrogens is 1. The zero-order valence-electron chi connectivity index (χ0n) is 15.9. The molecule has 8 nitrogen and oxygen atoms in total. The van der Waals surface area contributed by atoms with Gasteiger partial charge in [-0.2, -0.15) is 0 Å². The highest BCUT2D eigenvalue weighted by atomic mass is 35.5. The van der Waals surface area contributed by atoms with Crippen LogP contribution in [0.25, 0.3) is 10.9 Å². The van der Waals surface area contributed by atoms with Crippen LogP contribution in [0.15, 0.2) is 24.3 Å². The molecule has 1 heterocycles. The molecule has 0 saturated heterocycles. The van der Waals surface area contributed by atoms with Gasteiger partial charge in [0.05, 0.1) is 5.02 Å². The van der Waals surface area contributed by atoms with Crippen molar-refractivity contribution < 1.29 is 14.4 Å². The number of benzene rings is 1. The number of rotatable bonds is 6. The molecule has 4 amide bonds. The molecule has 29 heavy (non-hydrogen) atoms. The molecular weight excluding hydrogens is 394 g/mol. The first-order chi connectivity index (χ1) is 13.9. The number of H-pyrrole nitrogens is 1. The zero-order valence-corrected chi connectivity index (χ0v) is 16.6. The van der Waals surface area contributed by atoms with Crippen LogP contribution in [-0.4, -0.2) is 41.0 Å². The van der Waals surface area contributed by atoms with E-state index in [0.717, 1.165) is 30.2 Å². The summed E-state index contributed by atoms with van der Waals surface area (Å²) in [4.78, 5) is 39.4. The summed E-state index contributed by atoms with van der Waals surface area (Å²) in [5.41, 5.74) is 5.46. The van der Waals surface area contributed by atoms with Crippen LogP contribution in [0, 0.1) is 5.92 Å². The van der Waals surface area contributed by atoms with Crippen molar-refractivity contribution in [3.8, 4) is 0 Å². The lowest BCUT2D eigenvalue weighted by atomic mass is 10.0. The van der Waals surface area contributed by atoms with E-state index in [2.05, 4.69) is 20.9 Å². The van der Waals surface area contributed by atoms with E-state index in [1.54, 1.807) is 0 Å². The Hall–Kier alpha value is -2.74. The van der Waals surface area contributed by atoms with Crippen LogP contribution >= 0.6 is 11.6 Å². The Kier molecular flexibility index (Phi) is 5.12. The summed E-state index contributed by atoms with van der Waals surface area (Å²) in [5.74, 6) is -0.342. The summed E-state index contributed by atoms with van der Waals surface area (Å²) in [6, 6.07) is 6.75. The van der Waals surface area contributed by atoms with Crippen LogP contribution in [0.5, 0.6) is 0 Å². The lowest BCUT2D eigenvalue weighted by Crippen LogP contribution is -2.52. The third-order valence-electron chi connectivity index (χ3n) is 5.92. The molecule has 0 spiro atoms. The van der Waals surface area contributed by atoms with E-state index < -0.39 is 11.6 Å². The normalized spacial score (nSPS) is 22.2. The van der Waals surface area contributed by atoms with Gasteiger partial charge in [-0.15, -0.1) is 0 Å². The number of hydrogen-bond donors (Lipinski definition) is 5. The molecule has 2 aromatic rings. The summed E-state index contributed by atoms with van der Waals surface area (Å²) in [7, 11) is 0. The molecule has 0 radical (unpaired) electrons. The number of amides is 4. The van der Waals surface area contributed by atoms with E-state index >= 15 is 0 Å². The minimum absolute atomic E-state index is 0.0514. The minimum Gasteiger partial charge on any atom is -0.354 e. The number of urea groups is 1. The summed E-state index contributed by atoms with van der Waals surface area (Å²) >= 11 is 6.38. The van der Waals surface area contributed by atoms with E-state index in [0.29, 0.717) is 30.1 Å². The molecule has 2 fully saturated rings. The SMILES string of the molecule is NC(=O)NC1(C(=O)NCC2CCCC2NC(=O)c2[nH]c3ccccc3c2Cl)CC1. The van der Waals surface area contributed by atoms with Crippen molar-refractivity contribution in [3.05, 3.63) is 35.0 Å². The summed E-state index contributed by atoms with van der Waals surface area (Å²) < 4.78 is 0. The Morgan fingerprint density at radius 3 is 2.66 bits per heavy atom. The quantitative estimate of drug-likeness (QED) is 0.493. The molecule has 2 atom stereocenters. The number of carbonyl (C=O) groups is 3. The van der Waals surface area contributed by atoms with E-state index in [-0.39, 0.29) is 23.8 Å². The van der Waals surface area contributed by atoms with Gasteiger partial charge < -0.3 is 26.7 Å². The van der Waals surface area contributed by atoms with Gasteiger partial charge in [0.25, 0.3) is 5.91 Å². The van der Waals surface area contributed by atoms with Gasteiger partial charge >= 0.3 is 6.03 Å². The van der Waals surface area contributed by atoms with Crippen LogP contribution in [0.3, 0.4) is 0 Å². The molecule has 6 N–H and O–H groups in total. The monoisotopic (exact) mass is 417 g/mol. The third kappa shape index (κ3) is 3.89. The van der Waals surface area contributed by atoms with Crippen LogP contribution < -0.4 is 21.7 Å². The number of primary amides is 1. The number of halogens is 1. The van der Waals surface area contributed by atoms with Crippen molar-refractivity contribution in [2.75, 3.05) is 6.54 Å². The molecule has 154 valence electrons. The molecule has 0 aliphatic heterocycles. The smallest absolute Gasteiger partial charge is 0.313 e. The number of aromatic amines is 1. The van der Waals surface area contributed by atoms with Gasteiger partial charge in [0, 0.05) is 23.5 Å². The summed E-state index contributed by atoms with van der Waals surface area (Å²) in [6.45, 7) is 0.437. The topological polar surface area (TPSA) is 129 Å². The minimum atomic E-state index is -0.860. The van der Waals surface area contributed by atoms with Crippen molar-refractivity contribution in [2.45, 2.75) is 43.7 Å². The lowest BCUT2D eigenvalue weighted by Gasteiger charge is -2.23. The number of carbonyl (C=O) groups excluding carboxylic acids is 3. The first kappa shape index (κ1) is 19.6. The Labute approximate surface area is 172 Å². The van der Waals surface area contributed by atoms with E-state index in [1.165, 1.54) is 0 Å². The zero-order chi connectivity index (χ0) is 20.6. The fourth-order valence-corrected chi connectivity index (χ4v) is 4.44. The highest BCUT2D eigenvalue weighted by molar-refractivity contribution is 6.38. The number of hydrogen-bond acceptors (Lipinski definition) is 3. The summed E-state index contributed by atoms with van der Waals surface area (Å²) in [5, 5.41) is 9.73. The first-order valence-corrected chi connectivity index (χ1v) is 10.2. The summed E-state index contributed by atoms with van der Waals surface area (Å²) in [6.07, 6.45) is 3.89. The second kappa shape index (κ2) is 7.59. The van der Waals surface area contributed by atoms with E-state index in [1.807, 2.05) is 24.3 Å². The number of nitrogens with one attached hydrogen (secondary N) is 4. The van der Waals surface area contributed by atoms with Crippen molar-refractivity contribution in [3.63, 3.8) is 0 Å². The second-order valence-corrected chi connectivity index (χ2v) is 8.29. The molecule has 2 aliphatic rings.